The summed E-state index contributed by atoms with van der Waals surface area (Å²) in [6.07, 6.45) is 14.4. The number of hydrogen-bond donors (Lipinski definition) is 1. The van der Waals surface area contributed by atoms with Crippen molar-refractivity contribution in [1.29, 1.82) is 0 Å². The summed E-state index contributed by atoms with van der Waals surface area (Å²) in [5, 5.41) is 0. The molecule has 4 nitrogen and oxygen atoms in total. The van der Waals surface area contributed by atoms with Gasteiger partial charge in [-0.15, -0.1) is 0 Å². The molecule has 0 spiro atoms. The topological polar surface area (TPSA) is 55.6 Å². The van der Waals surface area contributed by atoms with Crippen LogP contribution in [0.3, 0.4) is 0 Å². The number of nitrogens with two attached hydrogens (primary N) is 1. The van der Waals surface area contributed by atoms with Crippen molar-refractivity contribution >= 4 is 5.97 Å². The lowest BCUT2D eigenvalue weighted by atomic mass is 9.63. The van der Waals surface area contributed by atoms with E-state index in [0.29, 0.717) is 18.0 Å². The minimum Gasteiger partial charge on any atom is -0.459 e. The molecule has 0 amide bonds. The average molecular weight is 320 g/mol. The third-order valence-electron chi connectivity index (χ3n) is 6.99. The summed E-state index contributed by atoms with van der Waals surface area (Å²) < 4.78 is 5.91. The minimum absolute atomic E-state index is 0.131. The molecule has 0 radical (unpaired) electrons. The maximum atomic E-state index is 11.7. The molecule has 0 aromatic rings. The Morgan fingerprint density at radius 1 is 1.04 bits per heavy atom. The van der Waals surface area contributed by atoms with Crippen molar-refractivity contribution in [3.05, 3.63) is 0 Å². The molecule has 0 aromatic carbocycles. The maximum absolute atomic E-state index is 11.7. The van der Waals surface area contributed by atoms with Gasteiger partial charge >= 0.3 is 5.97 Å². The minimum atomic E-state index is -0.284. The first kappa shape index (κ1) is 15.9. The van der Waals surface area contributed by atoms with Crippen LogP contribution in [-0.2, 0) is 9.53 Å². The number of fused-ring (bicyclic) bond motifs is 4. The number of rotatable bonds is 2. The summed E-state index contributed by atoms with van der Waals surface area (Å²) in [6, 6.07) is 1.33. The summed E-state index contributed by atoms with van der Waals surface area (Å²) in [4.78, 5) is 14.4. The van der Waals surface area contributed by atoms with E-state index in [0.717, 1.165) is 25.7 Å². The molecule has 4 aliphatic rings. The van der Waals surface area contributed by atoms with Crippen LogP contribution in [-0.4, -0.2) is 34.2 Å². The van der Waals surface area contributed by atoms with E-state index in [1.54, 1.807) is 6.92 Å². The first-order valence-electron chi connectivity index (χ1n) is 9.77. The van der Waals surface area contributed by atoms with Gasteiger partial charge in [-0.1, -0.05) is 19.3 Å². The fraction of sp³-hybridized carbons (Fsp3) is 0.947. The van der Waals surface area contributed by atoms with Crippen LogP contribution in [0.1, 0.15) is 84.0 Å². The standard InChI is InChI=1S/C19H32N2O2/c1-14(22)23-18-10-4-5-15(11-18)12-19(20,13-18)21-16-6-2-7-17(21)9-3-8-16/h15-17H,2-13,20H2,1H3/t15-,16?,17?,18+,19?/m0/s1. The van der Waals surface area contributed by atoms with Crippen molar-refractivity contribution in [2.24, 2.45) is 11.7 Å². The summed E-state index contributed by atoms with van der Waals surface area (Å²) in [5.41, 5.74) is 6.57. The first-order valence-corrected chi connectivity index (χ1v) is 9.77. The molecule has 2 aliphatic heterocycles. The fourth-order valence-corrected chi connectivity index (χ4v) is 6.59. The maximum Gasteiger partial charge on any atom is 0.303 e. The zero-order valence-electron chi connectivity index (χ0n) is 14.6. The van der Waals surface area contributed by atoms with Crippen molar-refractivity contribution < 1.29 is 9.53 Å². The molecule has 4 heteroatoms. The molecule has 1 unspecified atom stereocenters. The quantitative estimate of drug-likeness (QED) is 0.793. The van der Waals surface area contributed by atoms with Gasteiger partial charge in [0.1, 0.15) is 5.60 Å². The van der Waals surface area contributed by atoms with Crippen LogP contribution < -0.4 is 5.73 Å². The Labute approximate surface area is 140 Å². The normalized spacial score (nSPS) is 47.1. The first-order chi connectivity index (χ1) is 11.0. The highest BCUT2D eigenvalue weighted by Gasteiger charge is 2.55. The summed E-state index contributed by atoms with van der Waals surface area (Å²) in [6.45, 7) is 1.56. The van der Waals surface area contributed by atoms with Gasteiger partial charge in [0.25, 0.3) is 0 Å². The number of hydrogen-bond acceptors (Lipinski definition) is 4. The number of piperidine rings is 2. The second-order valence-electron chi connectivity index (χ2n) is 8.80. The van der Waals surface area contributed by atoms with Crippen LogP contribution in [0.15, 0.2) is 0 Å². The van der Waals surface area contributed by atoms with Crippen LogP contribution in [0.2, 0.25) is 0 Å². The largest absolute Gasteiger partial charge is 0.459 e. The number of ether oxygens (including phenoxy) is 1. The van der Waals surface area contributed by atoms with E-state index < -0.39 is 0 Å². The molecule has 130 valence electrons. The van der Waals surface area contributed by atoms with E-state index in [9.17, 15) is 4.79 Å². The third kappa shape index (κ3) is 2.82. The van der Waals surface area contributed by atoms with Gasteiger partial charge in [-0.3, -0.25) is 9.69 Å². The molecule has 2 saturated carbocycles. The molecule has 3 atom stereocenters. The van der Waals surface area contributed by atoms with Crippen molar-refractivity contribution in [1.82, 2.24) is 4.90 Å². The van der Waals surface area contributed by atoms with Gasteiger partial charge in [-0.2, -0.15) is 0 Å². The average Bonchev–Trinajstić information content (AvgIpc) is 2.44. The lowest BCUT2D eigenvalue weighted by molar-refractivity contribution is -0.187. The molecule has 2 aliphatic carbocycles. The number of carbonyl (C=O) groups is 1. The van der Waals surface area contributed by atoms with Crippen LogP contribution in [0.4, 0.5) is 0 Å². The van der Waals surface area contributed by atoms with Crippen LogP contribution in [0, 0.1) is 5.92 Å². The van der Waals surface area contributed by atoms with Crippen molar-refractivity contribution in [3.63, 3.8) is 0 Å². The summed E-state index contributed by atoms with van der Waals surface area (Å²) in [5.74, 6) is 0.498. The lowest BCUT2D eigenvalue weighted by Gasteiger charge is -2.61. The Bertz CT molecular complexity index is 460. The summed E-state index contributed by atoms with van der Waals surface area (Å²) >= 11 is 0. The SMILES string of the molecule is CC(=O)O[C@@]12CCC[C@H](CC(N)(N3C4CCCC3CCC4)C1)C2. The van der Waals surface area contributed by atoms with E-state index in [-0.39, 0.29) is 17.2 Å². The van der Waals surface area contributed by atoms with Gasteiger partial charge in [0.15, 0.2) is 0 Å². The predicted octanol–water partition coefficient (Wildman–Crippen LogP) is 3.33. The van der Waals surface area contributed by atoms with E-state index in [1.807, 2.05) is 0 Å². The third-order valence-corrected chi connectivity index (χ3v) is 6.99. The van der Waals surface area contributed by atoms with E-state index in [1.165, 1.54) is 51.4 Å². The molecule has 4 bridgehead atoms. The second kappa shape index (κ2) is 5.73. The van der Waals surface area contributed by atoms with Gasteiger partial charge in [-0.25, -0.2) is 0 Å². The Kier molecular flexibility index (Phi) is 3.96. The Morgan fingerprint density at radius 2 is 1.70 bits per heavy atom. The van der Waals surface area contributed by atoms with E-state index in [4.69, 9.17) is 10.5 Å². The smallest absolute Gasteiger partial charge is 0.303 e. The molecule has 0 aromatic heterocycles. The molecular formula is C19H32N2O2. The van der Waals surface area contributed by atoms with E-state index >= 15 is 0 Å². The van der Waals surface area contributed by atoms with Gasteiger partial charge in [-0.05, 0) is 57.3 Å². The zero-order chi connectivity index (χ0) is 16.1. The Hall–Kier alpha value is -0.610. The van der Waals surface area contributed by atoms with Crippen LogP contribution in [0.25, 0.3) is 0 Å². The van der Waals surface area contributed by atoms with Gasteiger partial charge in [0.05, 0.1) is 5.66 Å². The Morgan fingerprint density at radius 3 is 2.30 bits per heavy atom. The molecule has 23 heavy (non-hydrogen) atoms. The summed E-state index contributed by atoms with van der Waals surface area (Å²) in [7, 11) is 0. The highest BCUT2D eigenvalue weighted by atomic mass is 16.6. The van der Waals surface area contributed by atoms with Gasteiger partial charge in [0.2, 0.25) is 0 Å². The molecule has 2 N–H and O–H groups in total. The molecular weight excluding hydrogens is 288 g/mol. The number of esters is 1. The highest BCUT2D eigenvalue weighted by Crippen LogP contribution is 2.52. The fourth-order valence-electron chi connectivity index (χ4n) is 6.59. The molecule has 2 heterocycles. The molecule has 2 saturated heterocycles. The monoisotopic (exact) mass is 320 g/mol. The van der Waals surface area contributed by atoms with Crippen LogP contribution >= 0.6 is 0 Å². The number of carbonyl (C=O) groups excluding carboxylic acids is 1. The predicted molar refractivity (Wildman–Crippen MR) is 89.7 cm³/mol. The molecule has 4 rings (SSSR count). The van der Waals surface area contributed by atoms with Crippen molar-refractivity contribution in [2.45, 2.75) is 107 Å². The van der Waals surface area contributed by atoms with Gasteiger partial charge in [0, 0.05) is 25.4 Å². The highest BCUT2D eigenvalue weighted by molar-refractivity contribution is 5.66. The van der Waals surface area contributed by atoms with E-state index in [2.05, 4.69) is 4.90 Å². The zero-order valence-corrected chi connectivity index (χ0v) is 14.6. The molecule has 4 fully saturated rings. The second-order valence-corrected chi connectivity index (χ2v) is 8.80. The Balaban J connectivity index is 1.63. The lowest BCUT2D eigenvalue weighted by Crippen LogP contribution is -2.71. The number of nitrogens with zero attached hydrogens (tertiary/aromatic N) is 1. The van der Waals surface area contributed by atoms with Crippen molar-refractivity contribution in [2.75, 3.05) is 0 Å². The van der Waals surface area contributed by atoms with Crippen molar-refractivity contribution in [3.8, 4) is 0 Å². The van der Waals surface area contributed by atoms with Gasteiger partial charge < -0.3 is 10.5 Å². The van der Waals surface area contributed by atoms with Crippen LogP contribution in [0.5, 0.6) is 0 Å².